The minimum Gasteiger partial charge on any atom is -0.397 e. The molecule has 0 aliphatic heterocycles. The van der Waals surface area contributed by atoms with Gasteiger partial charge in [0.25, 0.3) is 0 Å². The van der Waals surface area contributed by atoms with E-state index in [1.165, 1.54) is 42.4 Å². The average Bonchev–Trinajstić information content (AvgIpc) is 3.46. The highest BCUT2D eigenvalue weighted by Gasteiger charge is 2.13. The van der Waals surface area contributed by atoms with Crippen LogP contribution in [0.4, 0.5) is 11.4 Å². The Bertz CT molecular complexity index is 2150. The summed E-state index contributed by atoms with van der Waals surface area (Å²) in [5.74, 6) is 0. The Morgan fingerprint density at radius 2 is 0.907 bits per heavy atom. The molecule has 0 unspecified atom stereocenters. The lowest BCUT2D eigenvalue weighted by atomic mass is 9.94. The maximum absolute atomic E-state index is 6.06. The van der Waals surface area contributed by atoms with Gasteiger partial charge in [0.15, 0.2) is 0 Å². The number of hydrogen-bond donors (Lipinski definition) is 2. The maximum Gasteiger partial charge on any atom is 0.0634 e. The number of anilines is 2. The average molecular weight is 573 g/mol. The molecule has 4 N–H and O–H groups in total. The minimum atomic E-state index is 0.675. The Labute approximate surface area is 255 Å². The molecule has 2 nitrogen and oxygen atoms in total. The molecule has 7 aromatic carbocycles. The Morgan fingerprint density at radius 1 is 0.395 bits per heavy atom. The van der Waals surface area contributed by atoms with Crippen molar-refractivity contribution < 1.29 is 0 Å². The van der Waals surface area contributed by atoms with E-state index in [0.29, 0.717) is 11.4 Å². The van der Waals surface area contributed by atoms with Gasteiger partial charge in [-0.15, -0.1) is 11.3 Å². The van der Waals surface area contributed by atoms with Crippen molar-refractivity contribution in [2.24, 2.45) is 0 Å². The zero-order valence-electron chi connectivity index (χ0n) is 23.8. The molecule has 1 aromatic heterocycles. The lowest BCUT2D eigenvalue weighted by molar-refractivity contribution is 0.962. The predicted molar refractivity (Wildman–Crippen MR) is 189 cm³/mol. The molecule has 0 bridgehead atoms. The maximum atomic E-state index is 6.06. The number of thiophene rings is 1. The van der Waals surface area contributed by atoms with Crippen LogP contribution in [0.25, 0.3) is 52.8 Å². The van der Waals surface area contributed by atoms with E-state index < -0.39 is 0 Å². The molecular formula is C40H32N2S. The number of nitrogen functional groups attached to an aromatic ring is 2. The Kier molecular flexibility index (Phi) is 7.24. The highest BCUT2D eigenvalue weighted by Crippen LogP contribution is 2.41. The molecule has 0 fully saturated rings. The van der Waals surface area contributed by atoms with Crippen molar-refractivity contribution in [3.63, 3.8) is 0 Å². The van der Waals surface area contributed by atoms with Crippen molar-refractivity contribution in [3.05, 3.63) is 157 Å². The van der Waals surface area contributed by atoms with Gasteiger partial charge in [-0.05, 0) is 51.9 Å². The van der Waals surface area contributed by atoms with Crippen molar-refractivity contribution in [2.45, 2.75) is 12.8 Å². The molecule has 0 spiro atoms. The van der Waals surface area contributed by atoms with Gasteiger partial charge >= 0.3 is 0 Å². The molecule has 43 heavy (non-hydrogen) atoms. The van der Waals surface area contributed by atoms with Gasteiger partial charge in [-0.3, -0.25) is 0 Å². The van der Waals surface area contributed by atoms with Gasteiger partial charge < -0.3 is 11.5 Å². The molecule has 0 aliphatic carbocycles. The summed E-state index contributed by atoms with van der Waals surface area (Å²) in [5, 5.41) is 7.10. The minimum absolute atomic E-state index is 0.675. The van der Waals surface area contributed by atoms with Crippen LogP contribution in [0.3, 0.4) is 0 Å². The summed E-state index contributed by atoms with van der Waals surface area (Å²) in [6.45, 7) is 0. The van der Waals surface area contributed by atoms with E-state index in [1.807, 2.05) is 47.7 Å². The summed E-state index contributed by atoms with van der Waals surface area (Å²) in [5.41, 5.74) is 19.0. The van der Waals surface area contributed by atoms with E-state index in [4.69, 9.17) is 11.5 Å². The number of hydrogen-bond acceptors (Lipinski definition) is 3. The fourth-order valence-electron chi connectivity index (χ4n) is 6.08. The predicted octanol–water partition coefficient (Wildman–Crippen LogP) is 10.7. The molecular weight excluding hydrogens is 541 g/mol. The first kappa shape index (κ1) is 26.8. The first-order valence-electron chi connectivity index (χ1n) is 14.7. The molecule has 8 rings (SSSR count). The molecule has 0 saturated heterocycles. The first-order chi connectivity index (χ1) is 21.2. The topological polar surface area (TPSA) is 52.0 Å². The first-order valence-corrected chi connectivity index (χ1v) is 15.5. The van der Waals surface area contributed by atoms with Gasteiger partial charge in [0.2, 0.25) is 0 Å². The van der Waals surface area contributed by atoms with Crippen LogP contribution >= 0.6 is 11.3 Å². The van der Waals surface area contributed by atoms with Crippen molar-refractivity contribution in [2.75, 3.05) is 11.5 Å². The fraction of sp³-hybridized carbons (Fsp3) is 0.0500. The quantitative estimate of drug-likeness (QED) is 0.125. The van der Waals surface area contributed by atoms with E-state index in [1.54, 1.807) is 0 Å². The van der Waals surface area contributed by atoms with Crippen LogP contribution in [0.15, 0.2) is 146 Å². The highest BCUT2D eigenvalue weighted by atomic mass is 32.1. The van der Waals surface area contributed by atoms with Crippen LogP contribution in [-0.4, -0.2) is 0 Å². The monoisotopic (exact) mass is 572 g/mol. The van der Waals surface area contributed by atoms with Crippen LogP contribution in [0, 0.1) is 0 Å². The molecule has 0 radical (unpaired) electrons. The van der Waals surface area contributed by atoms with E-state index in [9.17, 15) is 0 Å². The van der Waals surface area contributed by atoms with Crippen molar-refractivity contribution in [1.29, 1.82) is 0 Å². The second kappa shape index (κ2) is 11.6. The normalized spacial score (nSPS) is 11.2. The number of aryl methyl sites for hydroxylation is 2. The fourth-order valence-corrected chi connectivity index (χ4v) is 7.31. The van der Waals surface area contributed by atoms with E-state index in [-0.39, 0.29) is 0 Å². The summed E-state index contributed by atoms with van der Waals surface area (Å²) in [6, 6.07) is 51.3. The second-order valence-corrected chi connectivity index (χ2v) is 11.9. The lowest BCUT2D eigenvalue weighted by Crippen LogP contribution is -1.97. The Hall–Kier alpha value is -5.12. The standard InChI is InChI=1S/C26H20S.C14H12N2/c1-2-9-19(10-3-1)17-18-20-11-4-5-12-21(20)23-14-8-15-24-22-13-6-7-16-25(22)27-26(23)24;15-13-11-7-3-1-5-9(11)10-6-2-4-8-12(10)14(13)16/h1-16H,17-18H2;1-8H,15-16H2. The third-order valence-electron chi connectivity index (χ3n) is 8.25. The van der Waals surface area contributed by atoms with Crippen LogP contribution in [0.1, 0.15) is 11.1 Å². The van der Waals surface area contributed by atoms with Gasteiger partial charge in [-0.25, -0.2) is 0 Å². The smallest absolute Gasteiger partial charge is 0.0634 e. The van der Waals surface area contributed by atoms with Crippen LogP contribution in [0.5, 0.6) is 0 Å². The largest absolute Gasteiger partial charge is 0.397 e. The van der Waals surface area contributed by atoms with Crippen LogP contribution in [0.2, 0.25) is 0 Å². The molecule has 0 atom stereocenters. The summed E-state index contributed by atoms with van der Waals surface area (Å²) in [7, 11) is 0. The Balaban J connectivity index is 0.000000160. The summed E-state index contributed by atoms with van der Waals surface area (Å²) in [4.78, 5) is 0. The number of benzene rings is 7. The number of fused-ring (bicyclic) bond motifs is 6. The molecule has 0 saturated carbocycles. The molecule has 0 amide bonds. The van der Waals surface area contributed by atoms with Crippen molar-refractivity contribution in [1.82, 2.24) is 0 Å². The van der Waals surface area contributed by atoms with Gasteiger partial charge in [0.1, 0.15) is 0 Å². The molecule has 208 valence electrons. The zero-order valence-corrected chi connectivity index (χ0v) is 24.7. The number of rotatable bonds is 4. The molecule has 3 heteroatoms. The summed E-state index contributed by atoms with van der Waals surface area (Å²) < 4.78 is 2.76. The third kappa shape index (κ3) is 5.09. The van der Waals surface area contributed by atoms with Gasteiger partial charge in [0.05, 0.1) is 11.4 Å². The molecule has 0 aliphatic rings. The van der Waals surface area contributed by atoms with Gasteiger partial charge in [-0.1, -0.05) is 140 Å². The molecule has 1 heterocycles. The summed E-state index contributed by atoms with van der Waals surface area (Å²) in [6.07, 6.45) is 2.13. The SMILES string of the molecule is Nc1c(N)c2ccccc2c2ccccc12.c1ccc(CCc2ccccc2-c2cccc3c2sc2ccccc23)cc1. The van der Waals surface area contributed by atoms with Gasteiger partial charge in [0, 0.05) is 30.9 Å². The highest BCUT2D eigenvalue weighted by molar-refractivity contribution is 7.26. The van der Waals surface area contributed by atoms with E-state index in [0.717, 1.165) is 34.4 Å². The van der Waals surface area contributed by atoms with E-state index >= 15 is 0 Å². The Morgan fingerprint density at radius 3 is 1.60 bits per heavy atom. The van der Waals surface area contributed by atoms with Crippen molar-refractivity contribution in [3.8, 4) is 11.1 Å². The van der Waals surface area contributed by atoms with Gasteiger partial charge in [-0.2, -0.15) is 0 Å². The number of nitrogens with two attached hydrogens (primary N) is 2. The van der Waals surface area contributed by atoms with Crippen LogP contribution < -0.4 is 11.5 Å². The third-order valence-corrected chi connectivity index (χ3v) is 9.47. The van der Waals surface area contributed by atoms with E-state index in [2.05, 4.69) is 109 Å². The second-order valence-electron chi connectivity index (χ2n) is 10.8. The van der Waals surface area contributed by atoms with Crippen LogP contribution in [-0.2, 0) is 12.8 Å². The van der Waals surface area contributed by atoms with Crippen molar-refractivity contribution >= 4 is 64.4 Å². The zero-order chi connectivity index (χ0) is 29.2. The lowest BCUT2D eigenvalue weighted by Gasteiger charge is -2.11. The summed E-state index contributed by atoms with van der Waals surface area (Å²) >= 11 is 1.91. The molecule has 8 aromatic rings.